The summed E-state index contributed by atoms with van der Waals surface area (Å²) in [4.78, 5) is 12.8. The van der Waals surface area contributed by atoms with Gasteiger partial charge in [0.15, 0.2) is 0 Å². The number of hydrogen-bond acceptors (Lipinski definition) is 7. The van der Waals surface area contributed by atoms with Gasteiger partial charge >= 0.3 is 0 Å². The lowest BCUT2D eigenvalue weighted by molar-refractivity contribution is 0.0981. The van der Waals surface area contributed by atoms with Crippen molar-refractivity contribution in [1.82, 2.24) is 4.72 Å². The van der Waals surface area contributed by atoms with Crippen LogP contribution in [0.3, 0.4) is 0 Å². The number of methoxy groups -OCH3 is 2. The highest BCUT2D eigenvalue weighted by molar-refractivity contribution is 7.90. The number of rotatable bonds is 7. The largest absolute Gasteiger partial charge is 0.497 e. The summed E-state index contributed by atoms with van der Waals surface area (Å²) in [7, 11) is -1.06. The van der Waals surface area contributed by atoms with Crippen molar-refractivity contribution in [3.05, 3.63) is 77.9 Å². The molecule has 0 atom stereocenters. The van der Waals surface area contributed by atoms with Gasteiger partial charge in [-0.05, 0) is 61.5 Å². The fraction of sp³-hybridized carbons (Fsp3) is 0.136. The lowest BCUT2D eigenvalue weighted by Crippen LogP contribution is -2.30. The van der Waals surface area contributed by atoms with Gasteiger partial charge in [-0.25, -0.2) is 13.1 Å². The molecule has 0 aromatic heterocycles. The van der Waals surface area contributed by atoms with Crippen LogP contribution in [0.5, 0.6) is 11.5 Å². The number of nitrogens with one attached hydrogen (secondary N) is 1. The molecular formula is C22H21N3O5S. The monoisotopic (exact) mass is 439 g/mol. The highest BCUT2D eigenvalue weighted by Gasteiger charge is 2.21. The summed E-state index contributed by atoms with van der Waals surface area (Å²) < 4.78 is 37.5. The minimum Gasteiger partial charge on any atom is -0.497 e. The Morgan fingerprint density at radius 2 is 1.45 bits per heavy atom. The van der Waals surface area contributed by atoms with Crippen molar-refractivity contribution in [2.45, 2.75) is 11.8 Å². The van der Waals surface area contributed by atoms with E-state index in [2.05, 4.69) is 15.0 Å². The standard InChI is InChI=1S/C22H21N3O5S/c1-15-4-11-19(12-5-15)31(27,28)25-22(26)20-14-18(30-3)10-13-21(20)24-23-16-6-8-17(29-2)9-7-16/h4-14H,1-3H3,(H,25,26). The summed E-state index contributed by atoms with van der Waals surface area (Å²) in [6, 6.07) is 17.6. The Hall–Kier alpha value is -3.72. The van der Waals surface area contributed by atoms with Crippen molar-refractivity contribution >= 4 is 27.3 Å². The maximum Gasteiger partial charge on any atom is 0.267 e. The fourth-order valence-electron chi connectivity index (χ4n) is 2.63. The van der Waals surface area contributed by atoms with Gasteiger partial charge in [0.25, 0.3) is 15.9 Å². The number of aryl methyl sites for hydroxylation is 1. The van der Waals surface area contributed by atoms with Crippen molar-refractivity contribution < 1.29 is 22.7 Å². The van der Waals surface area contributed by atoms with Crippen molar-refractivity contribution in [3.8, 4) is 11.5 Å². The Balaban J connectivity index is 1.90. The van der Waals surface area contributed by atoms with E-state index < -0.39 is 15.9 Å². The molecule has 0 spiro atoms. The minimum atomic E-state index is -4.06. The van der Waals surface area contributed by atoms with Crippen LogP contribution >= 0.6 is 0 Å². The van der Waals surface area contributed by atoms with Crippen molar-refractivity contribution in [3.63, 3.8) is 0 Å². The summed E-state index contributed by atoms with van der Waals surface area (Å²) in [6.45, 7) is 1.84. The number of azo groups is 1. The molecule has 3 rings (SSSR count). The Morgan fingerprint density at radius 3 is 2.06 bits per heavy atom. The van der Waals surface area contributed by atoms with Gasteiger partial charge in [-0.3, -0.25) is 4.79 Å². The molecule has 1 amide bonds. The molecule has 0 bridgehead atoms. The van der Waals surface area contributed by atoms with Gasteiger partial charge in [-0.1, -0.05) is 17.7 Å². The third-order valence-electron chi connectivity index (χ3n) is 4.35. The zero-order chi connectivity index (χ0) is 22.4. The molecule has 0 fully saturated rings. The smallest absolute Gasteiger partial charge is 0.267 e. The normalized spacial score (nSPS) is 11.3. The zero-order valence-electron chi connectivity index (χ0n) is 17.2. The second-order valence-electron chi connectivity index (χ2n) is 6.53. The molecule has 31 heavy (non-hydrogen) atoms. The lowest BCUT2D eigenvalue weighted by Gasteiger charge is -2.10. The molecule has 0 unspecified atom stereocenters. The second-order valence-corrected chi connectivity index (χ2v) is 8.21. The van der Waals surface area contributed by atoms with Gasteiger partial charge < -0.3 is 9.47 Å². The van der Waals surface area contributed by atoms with Crippen LogP contribution in [0.15, 0.2) is 81.9 Å². The molecule has 9 heteroatoms. The maximum absolute atomic E-state index is 12.8. The van der Waals surface area contributed by atoms with Crippen molar-refractivity contribution in [2.75, 3.05) is 14.2 Å². The lowest BCUT2D eigenvalue weighted by atomic mass is 10.1. The number of benzene rings is 3. The Labute approximate surface area is 180 Å². The highest BCUT2D eigenvalue weighted by atomic mass is 32.2. The molecule has 0 radical (unpaired) electrons. The number of nitrogens with zero attached hydrogens (tertiary/aromatic N) is 2. The molecule has 0 aliphatic heterocycles. The summed E-state index contributed by atoms with van der Waals surface area (Å²) in [5, 5.41) is 8.23. The van der Waals surface area contributed by atoms with Gasteiger partial charge in [-0.15, -0.1) is 5.11 Å². The molecule has 3 aromatic carbocycles. The molecule has 0 aliphatic carbocycles. The van der Waals surface area contributed by atoms with Gasteiger partial charge in [0, 0.05) is 0 Å². The molecule has 0 heterocycles. The van der Waals surface area contributed by atoms with E-state index in [9.17, 15) is 13.2 Å². The van der Waals surface area contributed by atoms with Crippen LogP contribution < -0.4 is 14.2 Å². The van der Waals surface area contributed by atoms with E-state index >= 15 is 0 Å². The van der Waals surface area contributed by atoms with Crippen LogP contribution in [0.4, 0.5) is 11.4 Å². The second kappa shape index (κ2) is 9.40. The number of sulfonamides is 1. The zero-order valence-corrected chi connectivity index (χ0v) is 18.0. The average Bonchev–Trinajstić information content (AvgIpc) is 2.78. The topological polar surface area (TPSA) is 106 Å². The molecule has 0 saturated carbocycles. The summed E-state index contributed by atoms with van der Waals surface area (Å²) >= 11 is 0. The molecule has 8 nitrogen and oxygen atoms in total. The maximum atomic E-state index is 12.8. The summed E-state index contributed by atoms with van der Waals surface area (Å²) in [6.07, 6.45) is 0. The first-order chi connectivity index (χ1) is 14.8. The highest BCUT2D eigenvalue weighted by Crippen LogP contribution is 2.27. The van der Waals surface area contributed by atoms with Gasteiger partial charge in [-0.2, -0.15) is 5.11 Å². The van der Waals surface area contributed by atoms with Gasteiger partial charge in [0.1, 0.15) is 11.5 Å². The Morgan fingerprint density at radius 1 is 0.839 bits per heavy atom. The summed E-state index contributed by atoms with van der Waals surface area (Å²) in [5.74, 6) is 0.203. The molecule has 3 aromatic rings. The van der Waals surface area contributed by atoms with Crippen molar-refractivity contribution in [1.29, 1.82) is 0 Å². The predicted molar refractivity (Wildman–Crippen MR) is 116 cm³/mol. The van der Waals surface area contributed by atoms with E-state index in [1.807, 2.05) is 6.92 Å². The van der Waals surface area contributed by atoms with Crippen LogP contribution in [0, 0.1) is 6.92 Å². The van der Waals surface area contributed by atoms with E-state index in [1.54, 1.807) is 49.6 Å². The SMILES string of the molecule is COc1ccc(N=Nc2ccc(OC)cc2C(=O)NS(=O)(=O)c2ccc(C)cc2)cc1. The molecule has 1 N–H and O–H groups in total. The molecular weight excluding hydrogens is 418 g/mol. The Kier molecular flexibility index (Phi) is 6.66. The van der Waals surface area contributed by atoms with Crippen LogP contribution in [0.25, 0.3) is 0 Å². The third-order valence-corrected chi connectivity index (χ3v) is 5.70. The first-order valence-electron chi connectivity index (χ1n) is 9.20. The Bertz CT molecular complexity index is 1200. The first-order valence-corrected chi connectivity index (χ1v) is 10.7. The van der Waals surface area contributed by atoms with E-state index in [0.717, 1.165) is 5.56 Å². The number of amides is 1. The van der Waals surface area contributed by atoms with Crippen LogP contribution in [-0.4, -0.2) is 28.5 Å². The number of carbonyl (C=O) groups excluding carboxylic acids is 1. The minimum absolute atomic E-state index is 0.00676. The molecule has 0 saturated heterocycles. The summed E-state index contributed by atoms with van der Waals surface area (Å²) in [5.41, 5.74) is 1.63. The van der Waals surface area contributed by atoms with Gasteiger partial charge in [0.2, 0.25) is 0 Å². The average molecular weight is 439 g/mol. The predicted octanol–water partition coefficient (Wildman–Crippen LogP) is 4.55. The third kappa shape index (κ3) is 5.46. The van der Waals surface area contributed by atoms with Crippen LogP contribution in [0.1, 0.15) is 15.9 Å². The fourth-order valence-corrected chi connectivity index (χ4v) is 3.59. The number of hydrogen-bond donors (Lipinski definition) is 1. The van der Waals surface area contributed by atoms with Crippen LogP contribution in [0.2, 0.25) is 0 Å². The van der Waals surface area contributed by atoms with E-state index in [4.69, 9.17) is 9.47 Å². The first kappa shape index (κ1) is 22.0. The van der Waals surface area contributed by atoms with Crippen molar-refractivity contribution in [2.24, 2.45) is 10.2 Å². The molecule has 0 aliphatic rings. The number of ether oxygens (including phenoxy) is 2. The molecule has 160 valence electrons. The quantitative estimate of drug-likeness (QED) is 0.544. The van der Waals surface area contributed by atoms with Crippen LogP contribution in [-0.2, 0) is 10.0 Å². The van der Waals surface area contributed by atoms with E-state index in [-0.39, 0.29) is 16.1 Å². The van der Waals surface area contributed by atoms with E-state index in [1.165, 1.54) is 31.4 Å². The van der Waals surface area contributed by atoms with E-state index in [0.29, 0.717) is 17.2 Å². The van der Waals surface area contributed by atoms with Gasteiger partial charge in [0.05, 0.1) is 36.1 Å². The number of carbonyl (C=O) groups is 1.